The Morgan fingerprint density at radius 1 is 1.00 bits per heavy atom. The maximum atomic E-state index is 13.4. The van der Waals surface area contributed by atoms with E-state index in [1.54, 1.807) is 6.07 Å². The number of amides is 1. The predicted octanol–water partition coefficient (Wildman–Crippen LogP) is 5.16. The van der Waals surface area contributed by atoms with Gasteiger partial charge in [0.15, 0.2) is 0 Å². The van der Waals surface area contributed by atoms with Crippen molar-refractivity contribution in [3.8, 4) is 5.75 Å². The number of carbonyl (C=O) groups excluding carboxylic acids is 3. The van der Waals surface area contributed by atoms with E-state index in [1.807, 2.05) is 30.1 Å². The standard InChI is InChI=1S/C33H44N2O5/c1-24(36)39-29-16-11-15-27(20-29)33-18-19-34(3)23-30(33)31(40-25(2)37)21-28(22-33)35(4)32(38)17-10-6-9-14-26-12-7-5-8-13-26/h5,7-8,11-13,15-16,20,28,30-31H,6,9-10,14,17-19,21-23H2,1-4H3/t28-,30+,31?,33+/m1/s1. The van der Waals surface area contributed by atoms with E-state index >= 15 is 0 Å². The highest BCUT2D eigenvalue weighted by Crippen LogP contribution is 2.51. The molecule has 1 saturated carbocycles. The van der Waals surface area contributed by atoms with E-state index in [1.165, 1.54) is 19.4 Å². The highest BCUT2D eigenvalue weighted by molar-refractivity contribution is 5.76. The van der Waals surface area contributed by atoms with Crippen LogP contribution in [0.15, 0.2) is 54.6 Å². The number of fused-ring (bicyclic) bond motifs is 1. The molecule has 216 valence electrons. The summed E-state index contributed by atoms with van der Waals surface area (Å²) in [5.74, 6) is 0.0712. The lowest BCUT2D eigenvalue weighted by Crippen LogP contribution is -2.61. The minimum atomic E-state index is -0.358. The molecule has 0 aromatic heterocycles. The molecule has 2 fully saturated rings. The number of rotatable bonds is 10. The second-order valence-electron chi connectivity index (χ2n) is 11.7. The highest BCUT2D eigenvalue weighted by atomic mass is 16.5. The molecule has 0 N–H and O–H groups in total. The summed E-state index contributed by atoms with van der Waals surface area (Å²) in [5.41, 5.74) is 2.10. The zero-order valence-corrected chi connectivity index (χ0v) is 24.4. The molecule has 0 radical (unpaired) electrons. The molecule has 4 atom stereocenters. The Balaban J connectivity index is 1.50. The number of esters is 2. The van der Waals surface area contributed by atoms with Crippen molar-refractivity contribution in [1.29, 1.82) is 0 Å². The molecule has 1 heterocycles. The van der Waals surface area contributed by atoms with Gasteiger partial charge in [-0.3, -0.25) is 14.4 Å². The molecule has 1 aliphatic heterocycles. The molecule has 1 amide bonds. The average Bonchev–Trinajstić information content (AvgIpc) is 2.92. The zero-order chi connectivity index (χ0) is 28.7. The Morgan fingerprint density at radius 2 is 1.77 bits per heavy atom. The third-order valence-electron chi connectivity index (χ3n) is 8.84. The maximum absolute atomic E-state index is 13.4. The summed E-state index contributed by atoms with van der Waals surface area (Å²) in [6, 6.07) is 18.2. The first kappa shape index (κ1) is 29.8. The van der Waals surface area contributed by atoms with Gasteiger partial charge in [-0.05, 0) is 69.0 Å². The number of unbranched alkanes of at least 4 members (excludes halogenated alkanes) is 2. The van der Waals surface area contributed by atoms with Gasteiger partial charge in [0.05, 0.1) is 0 Å². The van der Waals surface area contributed by atoms with Gasteiger partial charge in [0.25, 0.3) is 0 Å². The van der Waals surface area contributed by atoms with Crippen molar-refractivity contribution in [3.05, 3.63) is 65.7 Å². The minimum absolute atomic E-state index is 0.0572. The van der Waals surface area contributed by atoms with Gasteiger partial charge in [-0.15, -0.1) is 0 Å². The molecule has 2 aromatic carbocycles. The van der Waals surface area contributed by atoms with Crippen molar-refractivity contribution in [2.45, 2.75) is 82.8 Å². The van der Waals surface area contributed by atoms with Crippen molar-refractivity contribution in [2.24, 2.45) is 5.92 Å². The number of aryl methyl sites for hydroxylation is 1. The number of nitrogens with zero attached hydrogens (tertiary/aromatic N) is 2. The van der Waals surface area contributed by atoms with Crippen molar-refractivity contribution in [3.63, 3.8) is 0 Å². The largest absolute Gasteiger partial charge is 0.462 e. The van der Waals surface area contributed by atoms with Crippen LogP contribution in [-0.4, -0.2) is 67.0 Å². The van der Waals surface area contributed by atoms with Crippen molar-refractivity contribution in [2.75, 3.05) is 27.2 Å². The Bertz CT molecular complexity index is 1170. The Kier molecular flexibility index (Phi) is 10.0. The van der Waals surface area contributed by atoms with Gasteiger partial charge in [-0.2, -0.15) is 0 Å². The lowest BCUT2D eigenvalue weighted by Gasteiger charge is -2.56. The number of carbonyl (C=O) groups is 3. The smallest absolute Gasteiger partial charge is 0.308 e. The van der Waals surface area contributed by atoms with E-state index in [-0.39, 0.29) is 41.3 Å². The van der Waals surface area contributed by atoms with E-state index in [0.29, 0.717) is 18.6 Å². The van der Waals surface area contributed by atoms with E-state index in [2.05, 4.69) is 42.3 Å². The Hall–Kier alpha value is -3.19. The fraction of sp³-hybridized carbons (Fsp3) is 0.545. The monoisotopic (exact) mass is 548 g/mol. The van der Waals surface area contributed by atoms with E-state index in [4.69, 9.17) is 9.47 Å². The fourth-order valence-corrected chi connectivity index (χ4v) is 6.80. The van der Waals surface area contributed by atoms with Crippen LogP contribution in [0.4, 0.5) is 0 Å². The van der Waals surface area contributed by atoms with Crippen LogP contribution in [0, 0.1) is 5.92 Å². The number of hydrogen-bond acceptors (Lipinski definition) is 6. The van der Waals surface area contributed by atoms with Crippen LogP contribution < -0.4 is 4.74 Å². The summed E-state index contributed by atoms with van der Waals surface area (Å²) in [6.45, 7) is 4.55. The predicted molar refractivity (Wildman–Crippen MR) is 155 cm³/mol. The second-order valence-corrected chi connectivity index (χ2v) is 11.7. The highest BCUT2D eigenvalue weighted by Gasteiger charge is 2.54. The summed E-state index contributed by atoms with van der Waals surface area (Å²) in [4.78, 5) is 41.5. The SMILES string of the molecule is CC(=O)Oc1cccc([C@@]23CCN(C)C[C@H]2C(OC(C)=O)C[C@@H](N(C)C(=O)CCCCCc2ccccc2)C3)c1. The Morgan fingerprint density at radius 3 is 2.50 bits per heavy atom. The van der Waals surface area contributed by atoms with Crippen LogP contribution in [0.5, 0.6) is 5.75 Å². The number of piperidine rings is 1. The summed E-state index contributed by atoms with van der Waals surface area (Å²) in [7, 11) is 4.00. The number of benzene rings is 2. The third kappa shape index (κ3) is 7.30. The minimum Gasteiger partial charge on any atom is -0.462 e. The van der Waals surface area contributed by atoms with Gasteiger partial charge in [-0.25, -0.2) is 0 Å². The van der Waals surface area contributed by atoms with Gasteiger partial charge >= 0.3 is 11.9 Å². The first-order chi connectivity index (χ1) is 19.2. The van der Waals surface area contributed by atoms with Crippen molar-refractivity contribution in [1.82, 2.24) is 9.80 Å². The lowest BCUT2D eigenvalue weighted by atomic mass is 9.56. The molecular formula is C33H44N2O5. The summed E-state index contributed by atoms with van der Waals surface area (Å²) < 4.78 is 11.4. The molecule has 7 nitrogen and oxygen atoms in total. The molecule has 2 aromatic rings. The second kappa shape index (κ2) is 13.4. The number of likely N-dealkylation sites (tertiary alicyclic amines) is 1. The van der Waals surface area contributed by atoms with Gasteiger partial charge in [-0.1, -0.05) is 48.9 Å². The summed E-state index contributed by atoms with van der Waals surface area (Å²) in [5, 5.41) is 0. The molecule has 40 heavy (non-hydrogen) atoms. The summed E-state index contributed by atoms with van der Waals surface area (Å²) >= 11 is 0. The molecular weight excluding hydrogens is 504 g/mol. The van der Waals surface area contributed by atoms with Gasteiger partial charge in [0.2, 0.25) is 5.91 Å². The maximum Gasteiger partial charge on any atom is 0.308 e. The van der Waals surface area contributed by atoms with Crippen molar-refractivity contribution < 1.29 is 23.9 Å². The number of ether oxygens (including phenoxy) is 2. The molecule has 2 aliphatic rings. The van der Waals surface area contributed by atoms with Crippen LogP contribution in [-0.2, 0) is 31.0 Å². The van der Waals surface area contributed by atoms with E-state index in [9.17, 15) is 14.4 Å². The fourth-order valence-electron chi connectivity index (χ4n) is 6.80. The molecule has 0 spiro atoms. The number of hydrogen-bond donors (Lipinski definition) is 0. The molecule has 1 unspecified atom stereocenters. The third-order valence-corrected chi connectivity index (χ3v) is 8.84. The van der Waals surface area contributed by atoms with E-state index < -0.39 is 0 Å². The van der Waals surface area contributed by atoms with Crippen LogP contribution in [0.3, 0.4) is 0 Å². The van der Waals surface area contributed by atoms with Gasteiger partial charge in [0, 0.05) is 57.7 Å². The Labute approximate surface area is 238 Å². The van der Waals surface area contributed by atoms with Crippen LogP contribution in [0.1, 0.15) is 69.9 Å². The van der Waals surface area contributed by atoms with Crippen LogP contribution in [0.2, 0.25) is 0 Å². The molecule has 0 bridgehead atoms. The molecule has 1 aliphatic carbocycles. The van der Waals surface area contributed by atoms with Gasteiger partial charge < -0.3 is 19.3 Å². The first-order valence-electron chi connectivity index (χ1n) is 14.6. The van der Waals surface area contributed by atoms with Gasteiger partial charge in [0.1, 0.15) is 11.9 Å². The van der Waals surface area contributed by atoms with Crippen LogP contribution in [0.25, 0.3) is 0 Å². The van der Waals surface area contributed by atoms with E-state index in [0.717, 1.165) is 57.2 Å². The first-order valence-corrected chi connectivity index (χ1v) is 14.6. The normalized spacial score (nSPS) is 24.6. The topological polar surface area (TPSA) is 76.2 Å². The molecule has 4 rings (SSSR count). The molecule has 7 heteroatoms. The quantitative estimate of drug-likeness (QED) is 0.232. The summed E-state index contributed by atoms with van der Waals surface area (Å²) in [6.07, 6.45) is 6.45. The molecule has 1 saturated heterocycles. The average molecular weight is 549 g/mol. The van der Waals surface area contributed by atoms with Crippen molar-refractivity contribution >= 4 is 17.8 Å². The zero-order valence-electron chi connectivity index (χ0n) is 24.4. The lowest BCUT2D eigenvalue weighted by molar-refractivity contribution is -0.160. The van der Waals surface area contributed by atoms with Crippen LogP contribution >= 0.6 is 0 Å².